The number of nitrogens with zero attached hydrogens (tertiary/aromatic N) is 1. The van der Waals surface area contributed by atoms with Crippen LogP contribution in [0.25, 0.3) is 10.6 Å². The van der Waals surface area contributed by atoms with Crippen LogP contribution in [0.5, 0.6) is 0 Å². The van der Waals surface area contributed by atoms with Gasteiger partial charge in [0.05, 0.1) is 0 Å². The van der Waals surface area contributed by atoms with Crippen LogP contribution in [0.2, 0.25) is 0 Å². The molecule has 0 bridgehead atoms. The van der Waals surface area contributed by atoms with Crippen LogP contribution in [0.4, 0.5) is 18.9 Å². The Morgan fingerprint density at radius 3 is 2.21 bits per heavy atom. The number of nitrogen functional groups attached to an aromatic ring is 1. The zero-order valence-electron chi connectivity index (χ0n) is 16.8. The predicted octanol–water partition coefficient (Wildman–Crippen LogP) is 7.74. The van der Waals surface area contributed by atoms with Crippen LogP contribution in [-0.4, -0.2) is 11.2 Å². The monoisotopic (exact) mass is 412 g/mol. The molecule has 2 N–H and O–H groups in total. The zero-order valence-corrected chi connectivity index (χ0v) is 17.6. The molecule has 0 amide bonds. The molecular formula is C22H31F3N2S. The number of anilines is 1. The SMILES string of the molecule is CC(C)c1cnc(-c2ccc(CCCCCCCCCC(F)(F)F)cc2N)s1. The van der Waals surface area contributed by atoms with Gasteiger partial charge in [-0.05, 0) is 42.9 Å². The van der Waals surface area contributed by atoms with Crippen LogP contribution in [0, 0.1) is 0 Å². The number of hydrogen-bond donors (Lipinski definition) is 1. The van der Waals surface area contributed by atoms with Crippen LogP contribution < -0.4 is 5.73 Å². The molecule has 0 aliphatic rings. The summed E-state index contributed by atoms with van der Waals surface area (Å²) < 4.78 is 36.2. The first kappa shape index (κ1) is 22.7. The van der Waals surface area contributed by atoms with E-state index in [-0.39, 0.29) is 6.42 Å². The Balaban J connectivity index is 1.67. The van der Waals surface area contributed by atoms with E-state index in [4.69, 9.17) is 5.73 Å². The highest BCUT2D eigenvalue weighted by Gasteiger charge is 2.25. The highest BCUT2D eigenvalue weighted by molar-refractivity contribution is 7.15. The van der Waals surface area contributed by atoms with E-state index < -0.39 is 12.6 Å². The molecule has 0 radical (unpaired) electrons. The van der Waals surface area contributed by atoms with E-state index in [0.29, 0.717) is 12.3 Å². The second-order valence-corrected chi connectivity index (χ2v) is 8.80. The molecule has 0 saturated carbocycles. The molecule has 2 nitrogen and oxygen atoms in total. The lowest BCUT2D eigenvalue weighted by molar-refractivity contribution is -0.135. The van der Waals surface area contributed by atoms with Crippen LogP contribution in [0.1, 0.15) is 81.6 Å². The van der Waals surface area contributed by atoms with Gasteiger partial charge in [0, 0.05) is 28.7 Å². The van der Waals surface area contributed by atoms with E-state index >= 15 is 0 Å². The molecule has 1 aromatic carbocycles. The van der Waals surface area contributed by atoms with Gasteiger partial charge in [0.2, 0.25) is 0 Å². The quantitative estimate of drug-likeness (QED) is 0.303. The van der Waals surface area contributed by atoms with Crippen molar-refractivity contribution in [3.63, 3.8) is 0 Å². The summed E-state index contributed by atoms with van der Waals surface area (Å²) in [5.74, 6) is 0.469. The summed E-state index contributed by atoms with van der Waals surface area (Å²) >= 11 is 1.69. The molecule has 2 aromatic rings. The Bertz CT molecular complexity index is 723. The Hall–Kier alpha value is -1.56. The minimum absolute atomic E-state index is 0.257. The largest absolute Gasteiger partial charge is 0.398 e. The first-order valence-corrected chi connectivity index (χ1v) is 11.0. The second kappa shape index (κ2) is 10.8. The highest BCUT2D eigenvalue weighted by Crippen LogP contribution is 2.33. The Kier molecular flexibility index (Phi) is 8.80. The van der Waals surface area contributed by atoms with E-state index in [1.807, 2.05) is 12.3 Å². The number of hydrogen-bond acceptors (Lipinski definition) is 3. The fraction of sp³-hybridized carbons (Fsp3) is 0.591. The number of halogens is 3. The third-order valence-corrected chi connectivity index (χ3v) is 6.20. The molecule has 1 aromatic heterocycles. The minimum Gasteiger partial charge on any atom is -0.398 e. The topological polar surface area (TPSA) is 38.9 Å². The van der Waals surface area contributed by atoms with Crippen molar-refractivity contribution in [2.24, 2.45) is 0 Å². The normalized spacial score (nSPS) is 12.1. The van der Waals surface area contributed by atoms with Gasteiger partial charge in [0.1, 0.15) is 5.01 Å². The molecule has 0 unspecified atom stereocenters. The van der Waals surface area contributed by atoms with E-state index in [9.17, 15) is 13.2 Å². The van der Waals surface area contributed by atoms with Crippen molar-refractivity contribution in [1.82, 2.24) is 4.98 Å². The third-order valence-electron chi connectivity index (χ3n) is 4.86. The number of rotatable bonds is 11. The van der Waals surface area contributed by atoms with Crippen molar-refractivity contribution in [3.8, 4) is 10.6 Å². The van der Waals surface area contributed by atoms with Crippen molar-refractivity contribution < 1.29 is 13.2 Å². The van der Waals surface area contributed by atoms with Crippen LogP contribution in [0.15, 0.2) is 24.4 Å². The van der Waals surface area contributed by atoms with Crippen molar-refractivity contribution in [2.75, 3.05) is 5.73 Å². The standard InChI is InChI=1S/C22H31F3N2S/c1-16(2)20-15-27-21(28-20)18-12-11-17(14-19(18)26)10-8-6-4-3-5-7-9-13-22(23,24)25/h11-12,14-16H,3-10,13,26H2,1-2H3. The van der Waals surface area contributed by atoms with Gasteiger partial charge >= 0.3 is 6.18 Å². The lowest BCUT2D eigenvalue weighted by Gasteiger charge is -2.07. The first-order chi connectivity index (χ1) is 13.3. The van der Waals surface area contributed by atoms with Gasteiger partial charge in [0.25, 0.3) is 0 Å². The van der Waals surface area contributed by atoms with Gasteiger partial charge in [-0.2, -0.15) is 13.2 Å². The average molecular weight is 413 g/mol. The average Bonchev–Trinajstić information content (AvgIpc) is 3.09. The number of aromatic nitrogens is 1. The molecule has 0 aliphatic heterocycles. The maximum Gasteiger partial charge on any atom is 0.389 e. The van der Waals surface area contributed by atoms with Crippen LogP contribution in [-0.2, 0) is 6.42 Å². The molecule has 28 heavy (non-hydrogen) atoms. The smallest absolute Gasteiger partial charge is 0.389 e. The minimum atomic E-state index is -4.01. The molecule has 0 atom stereocenters. The molecule has 0 fully saturated rings. The van der Waals surface area contributed by atoms with Crippen molar-refractivity contribution in [2.45, 2.75) is 83.7 Å². The van der Waals surface area contributed by atoms with Crippen molar-refractivity contribution in [1.29, 1.82) is 0 Å². The van der Waals surface area contributed by atoms with E-state index in [1.165, 1.54) is 10.4 Å². The van der Waals surface area contributed by atoms with Gasteiger partial charge in [-0.25, -0.2) is 4.98 Å². The number of nitrogens with two attached hydrogens (primary N) is 1. The molecule has 156 valence electrons. The Morgan fingerprint density at radius 1 is 1.00 bits per heavy atom. The lowest BCUT2D eigenvalue weighted by atomic mass is 10.0. The summed E-state index contributed by atoms with van der Waals surface area (Å²) in [4.78, 5) is 5.77. The van der Waals surface area contributed by atoms with Gasteiger partial charge in [-0.15, -0.1) is 11.3 Å². The summed E-state index contributed by atoms with van der Waals surface area (Å²) in [6, 6.07) is 6.23. The fourth-order valence-corrected chi connectivity index (χ4v) is 4.14. The summed E-state index contributed by atoms with van der Waals surface area (Å²) in [7, 11) is 0. The van der Waals surface area contributed by atoms with Crippen LogP contribution >= 0.6 is 11.3 Å². The lowest BCUT2D eigenvalue weighted by Crippen LogP contribution is -2.06. The molecule has 2 rings (SSSR count). The van der Waals surface area contributed by atoms with Crippen molar-refractivity contribution >= 4 is 17.0 Å². The number of alkyl halides is 3. The van der Waals surface area contributed by atoms with Gasteiger partial charge in [-0.1, -0.05) is 52.0 Å². The molecule has 0 spiro atoms. The molecular weight excluding hydrogens is 381 g/mol. The van der Waals surface area contributed by atoms with Crippen LogP contribution in [0.3, 0.4) is 0 Å². The van der Waals surface area contributed by atoms with E-state index in [0.717, 1.165) is 54.8 Å². The van der Waals surface area contributed by atoms with E-state index in [1.54, 1.807) is 11.3 Å². The number of thiazole rings is 1. The summed E-state index contributed by atoms with van der Waals surface area (Å²) in [6.07, 6.45) is 4.36. The van der Waals surface area contributed by atoms with Gasteiger partial charge in [0.15, 0.2) is 0 Å². The molecule has 0 saturated heterocycles. The van der Waals surface area contributed by atoms with Gasteiger partial charge in [-0.3, -0.25) is 0 Å². The molecule has 0 aliphatic carbocycles. The van der Waals surface area contributed by atoms with Gasteiger partial charge < -0.3 is 5.73 Å². The summed E-state index contributed by atoms with van der Waals surface area (Å²) in [5.41, 5.74) is 9.25. The molecule has 1 heterocycles. The van der Waals surface area contributed by atoms with Crippen molar-refractivity contribution in [3.05, 3.63) is 34.8 Å². The first-order valence-electron chi connectivity index (χ1n) is 10.2. The Morgan fingerprint density at radius 2 is 1.64 bits per heavy atom. The summed E-state index contributed by atoms with van der Waals surface area (Å²) in [5, 5.41) is 0.971. The number of benzene rings is 1. The highest BCUT2D eigenvalue weighted by atomic mass is 32.1. The predicted molar refractivity (Wildman–Crippen MR) is 113 cm³/mol. The maximum absolute atomic E-state index is 12.1. The molecule has 6 heteroatoms. The number of aryl methyl sites for hydroxylation is 1. The Labute approximate surface area is 170 Å². The third kappa shape index (κ3) is 7.82. The summed E-state index contributed by atoms with van der Waals surface area (Å²) in [6.45, 7) is 4.32. The number of unbranched alkanes of at least 4 members (excludes halogenated alkanes) is 6. The maximum atomic E-state index is 12.1. The zero-order chi connectivity index (χ0) is 20.6. The second-order valence-electron chi connectivity index (χ2n) is 7.73. The van der Waals surface area contributed by atoms with E-state index in [2.05, 4.69) is 31.0 Å². The fourth-order valence-electron chi connectivity index (χ4n) is 3.18.